The third kappa shape index (κ3) is 3.88. The average Bonchev–Trinajstić information content (AvgIpc) is 3.41. The number of nitrogens with zero attached hydrogens (tertiary/aromatic N) is 4. The van der Waals surface area contributed by atoms with Crippen molar-refractivity contribution in [3.63, 3.8) is 0 Å². The first kappa shape index (κ1) is 18.5. The Hall–Kier alpha value is -1.88. The molecule has 4 rings (SSSR count). The Labute approximate surface area is 176 Å². The molecule has 0 atom stereocenters. The number of nitrogen functional groups attached to an aromatic ring is 1. The lowest BCUT2D eigenvalue weighted by atomic mass is 10.2. The van der Waals surface area contributed by atoms with Crippen LogP contribution in [0.2, 0.25) is 0 Å². The lowest BCUT2D eigenvalue weighted by Gasteiger charge is -2.06. The molecule has 3 aromatic heterocycles. The third-order valence-electron chi connectivity index (χ3n) is 3.70. The average molecular weight is 480 g/mol. The van der Waals surface area contributed by atoms with Crippen LogP contribution in [0, 0.1) is 0 Å². The van der Waals surface area contributed by atoms with Gasteiger partial charge in [0.05, 0.1) is 23.2 Å². The van der Waals surface area contributed by atoms with Crippen molar-refractivity contribution in [2.24, 2.45) is 0 Å². The molecular weight excluding hydrogens is 466 g/mol. The molecule has 3 heterocycles. The molecule has 1 aromatic carbocycles. The molecule has 4 aromatic rings. The third-order valence-corrected chi connectivity index (χ3v) is 6.96. The Morgan fingerprint density at radius 1 is 1.26 bits per heavy atom. The molecule has 0 amide bonds. The van der Waals surface area contributed by atoms with E-state index in [1.54, 1.807) is 29.8 Å². The number of hydrogen-bond acceptors (Lipinski definition) is 8. The highest BCUT2D eigenvalue weighted by Crippen LogP contribution is 2.35. The van der Waals surface area contributed by atoms with Gasteiger partial charge in [-0.1, -0.05) is 33.8 Å². The lowest BCUT2D eigenvalue weighted by Crippen LogP contribution is -2.11. The van der Waals surface area contributed by atoms with Crippen LogP contribution in [0.1, 0.15) is 5.69 Å². The topological polar surface area (TPSA) is 78.9 Å². The number of thioether (sulfide) groups is 1. The van der Waals surface area contributed by atoms with Crippen LogP contribution in [0.25, 0.3) is 21.3 Å². The number of thiazole rings is 1. The Balaban J connectivity index is 1.50. The standard InChI is InChI=1S/C17H14BrN5OS3/c1-24-13-5-4-10(18)7-12(13)16-20-11(8-26-16)9-27-17-22-21-15(23(17)19)14-3-2-6-25-14/h2-8H,9,19H2,1H3. The Kier molecular flexibility index (Phi) is 5.48. The van der Waals surface area contributed by atoms with E-state index in [9.17, 15) is 0 Å². The summed E-state index contributed by atoms with van der Waals surface area (Å²) in [7, 11) is 1.66. The van der Waals surface area contributed by atoms with Gasteiger partial charge in [-0.15, -0.1) is 32.9 Å². The molecular formula is C17H14BrN5OS3. The van der Waals surface area contributed by atoms with E-state index in [1.165, 1.54) is 16.4 Å². The van der Waals surface area contributed by atoms with Crippen LogP contribution in [0.15, 0.2) is 50.7 Å². The van der Waals surface area contributed by atoms with Crippen LogP contribution in [-0.2, 0) is 5.75 Å². The van der Waals surface area contributed by atoms with E-state index in [0.29, 0.717) is 16.7 Å². The monoisotopic (exact) mass is 479 g/mol. The molecule has 10 heteroatoms. The molecule has 138 valence electrons. The maximum absolute atomic E-state index is 6.15. The van der Waals surface area contributed by atoms with E-state index in [1.807, 2.05) is 41.1 Å². The number of rotatable bonds is 6. The fourth-order valence-electron chi connectivity index (χ4n) is 2.43. The first-order chi connectivity index (χ1) is 13.2. The second kappa shape index (κ2) is 8.01. The molecule has 0 bridgehead atoms. The smallest absolute Gasteiger partial charge is 0.210 e. The van der Waals surface area contributed by atoms with E-state index in [2.05, 4.69) is 26.1 Å². The van der Waals surface area contributed by atoms with Gasteiger partial charge in [0.1, 0.15) is 10.8 Å². The van der Waals surface area contributed by atoms with Gasteiger partial charge in [-0.05, 0) is 29.6 Å². The molecule has 0 aliphatic rings. The molecule has 0 fully saturated rings. The van der Waals surface area contributed by atoms with Crippen LogP contribution < -0.4 is 10.6 Å². The van der Waals surface area contributed by atoms with Crippen molar-refractivity contribution in [2.75, 3.05) is 13.0 Å². The van der Waals surface area contributed by atoms with Crippen molar-refractivity contribution in [1.29, 1.82) is 0 Å². The Morgan fingerprint density at radius 3 is 2.93 bits per heavy atom. The van der Waals surface area contributed by atoms with Gasteiger partial charge in [0.25, 0.3) is 0 Å². The highest BCUT2D eigenvalue weighted by Gasteiger charge is 2.15. The molecule has 27 heavy (non-hydrogen) atoms. The number of ether oxygens (including phenoxy) is 1. The molecule has 0 unspecified atom stereocenters. The summed E-state index contributed by atoms with van der Waals surface area (Å²) in [6, 6.07) is 9.84. The fourth-order valence-corrected chi connectivity index (χ4v) is 5.19. The largest absolute Gasteiger partial charge is 0.496 e. The highest BCUT2D eigenvalue weighted by molar-refractivity contribution is 9.10. The quantitative estimate of drug-likeness (QED) is 0.312. The van der Waals surface area contributed by atoms with E-state index in [-0.39, 0.29) is 0 Å². The maximum atomic E-state index is 6.15. The van der Waals surface area contributed by atoms with Crippen molar-refractivity contribution >= 4 is 50.4 Å². The van der Waals surface area contributed by atoms with Gasteiger partial charge >= 0.3 is 0 Å². The zero-order valence-electron chi connectivity index (χ0n) is 14.1. The maximum Gasteiger partial charge on any atom is 0.210 e. The Bertz CT molecular complexity index is 1060. The number of hydrogen-bond donors (Lipinski definition) is 1. The zero-order valence-corrected chi connectivity index (χ0v) is 18.2. The SMILES string of the molecule is COc1ccc(Br)cc1-c1nc(CSc2nnc(-c3cccs3)n2N)cs1. The van der Waals surface area contributed by atoms with Gasteiger partial charge in [0.15, 0.2) is 5.82 Å². The van der Waals surface area contributed by atoms with E-state index in [0.717, 1.165) is 31.4 Å². The van der Waals surface area contributed by atoms with Crippen LogP contribution in [-0.4, -0.2) is 27.0 Å². The van der Waals surface area contributed by atoms with E-state index in [4.69, 9.17) is 15.6 Å². The van der Waals surface area contributed by atoms with Crippen molar-refractivity contribution < 1.29 is 4.74 Å². The van der Waals surface area contributed by atoms with E-state index < -0.39 is 0 Å². The van der Waals surface area contributed by atoms with Gasteiger partial charge < -0.3 is 10.6 Å². The molecule has 0 aliphatic carbocycles. The molecule has 6 nitrogen and oxygen atoms in total. The number of methoxy groups -OCH3 is 1. The summed E-state index contributed by atoms with van der Waals surface area (Å²) in [5.74, 6) is 8.28. The van der Waals surface area contributed by atoms with Crippen LogP contribution in [0.4, 0.5) is 0 Å². The summed E-state index contributed by atoms with van der Waals surface area (Å²) in [4.78, 5) is 5.73. The predicted molar refractivity (Wildman–Crippen MR) is 115 cm³/mol. The number of thiophene rings is 1. The van der Waals surface area contributed by atoms with Gasteiger partial charge in [0, 0.05) is 15.6 Å². The zero-order chi connectivity index (χ0) is 18.8. The molecule has 0 saturated heterocycles. The summed E-state index contributed by atoms with van der Waals surface area (Å²) in [6.07, 6.45) is 0. The van der Waals surface area contributed by atoms with Gasteiger partial charge in [-0.2, -0.15) is 0 Å². The lowest BCUT2D eigenvalue weighted by molar-refractivity contribution is 0.416. The fraction of sp³-hybridized carbons (Fsp3) is 0.118. The number of nitrogens with two attached hydrogens (primary N) is 1. The second-order valence-electron chi connectivity index (χ2n) is 5.43. The molecule has 0 radical (unpaired) electrons. The first-order valence-electron chi connectivity index (χ1n) is 7.81. The first-order valence-corrected chi connectivity index (χ1v) is 11.3. The van der Waals surface area contributed by atoms with Gasteiger partial charge in [-0.3, -0.25) is 0 Å². The summed E-state index contributed by atoms with van der Waals surface area (Å²) in [5.41, 5.74) is 1.93. The minimum Gasteiger partial charge on any atom is -0.496 e. The van der Waals surface area contributed by atoms with Crippen molar-refractivity contribution in [3.8, 4) is 27.0 Å². The molecule has 2 N–H and O–H groups in total. The number of benzene rings is 1. The molecule has 0 saturated carbocycles. The van der Waals surface area contributed by atoms with Crippen molar-refractivity contribution in [1.82, 2.24) is 19.9 Å². The number of halogens is 1. The van der Waals surface area contributed by atoms with E-state index >= 15 is 0 Å². The normalized spacial score (nSPS) is 11.0. The van der Waals surface area contributed by atoms with Crippen LogP contribution in [0.5, 0.6) is 5.75 Å². The number of aromatic nitrogens is 4. The van der Waals surface area contributed by atoms with Crippen molar-refractivity contribution in [3.05, 3.63) is 51.3 Å². The highest BCUT2D eigenvalue weighted by atomic mass is 79.9. The molecule has 0 spiro atoms. The van der Waals surface area contributed by atoms with Crippen molar-refractivity contribution in [2.45, 2.75) is 10.9 Å². The summed E-state index contributed by atoms with van der Waals surface area (Å²) >= 11 is 8.19. The minimum atomic E-state index is 0.659. The predicted octanol–water partition coefficient (Wildman–Crippen LogP) is 4.91. The Morgan fingerprint density at radius 2 is 2.15 bits per heavy atom. The molecule has 0 aliphatic heterocycles. The van der Waals surface area contributed by atoms with Gasteiger partial charge in [-0.25, -0.2) is 9.66 Å². The van der Waals surface area contributed by atoms with Crippen LogP contribution >= 0.6 is 50.4 Å². The summed E-state index contributed by atoms with van der Waals surface area (Å²) in [6.45, 7) is 0. The summed E-state index contributed by atoms with van der Waals surface area (Å²) < 4.78 is 7.97. The second-order valence-corrected chi connectivity index (χ2v) is 9.09. The minimum absolute atomic E-state index is 0.659. The summed E-state index contributed by atoms with van der Waals surface area (Å²) in [5, 5.41) is 14.0. The van der Waals surface area contributed by atoms with Gasteiger partial charge in [0.2, 0.25) is 5.16 Å². The van der Waals surface area contributed by atoms with Crippen LogP contribution in [0.3, 0.4) is 0 Å².